The highest BCUT2D eigenvalue weighted by molar-refractivity contribution is 4.85. The average Bonchev–Trinajstić information content (AvgIpc) is 2.37. The number of hydrogen-bond donors (Lipinski definition) is 3. The zero-order chi connectivity index (χ0) is 15.3. The lowest BCUT2D eigenvalue weighted by atomic mass is 9.86. The Kier molecular flexibility index (Phi) is 5.94. The van der Waals surface area contributed by atoms with E-state index in [-0.39, 0.29) is 18.8 Å². The summed E-state index contributed by atoms with van der Waals surface area (Å²) in [5.74, 6) is -2.55. The lowest BCUT2D eigenvalue weighted by Crippen LogP contribution is -2.42. The van der Waals surface area contributed by atoms with E-state index in [1.807, 2.05) is 0 Å². The lowest BCUT2D eigenvalue weighted by molar-refractivity contribution is -0.0862. The highest BCUT2D eigenvalue weighted by Crippen LogP contribution is 2.36. The van der Waals surface area contributed by atoms with Crippen LogP contribution in [0.4, 0.5) is 8.78 Å². The Morgan fingerprint density at radius 1 is 1.24 bits per heavy atom. The first-order valence-corrected chi connectivity index (χ1v) is 7.95. The molecule has 0 aromatic heterocycles. The zero-order valence-corrected chi connectivity index (χ0v) is 12.5. The van der Waals surface area contributed by atoms with Crippen LogP contribution in [0.1, 0.15) is 44.9 Å². The predicted octanol–water partition coefficient (Wildman–Crippen LogP) is 1.69. The molecule has 124 valence electrons. The number of rotatable bonds is 6. The van der Waals surface area contributed by atoms with E-state index in [4.69, 9.17) is 4.74 Å². The Balaban J connectivity index is 1.63. The fourth-order valence-corrected chi connectivity index (χ4v) is 3.37. The summed E-state index contributed by atoms with van der Waals surface area (Å²) in [6, 6.07) is 0. The van der Waals surface area contributed by atoms with Crippen molar-refractivity contribution >= 4 is 0 Å². The molecule has 0 aromatic carbocycles. The van der Waals surface area contributed by atoms with Gasteiger partial charge in [0.25, 0.3) is 0 Å². The summed E-state index contributed by atoms with van der Waals surface area (Å²) < 4.78 is 31.8. The Morgan fingerprint density at radius 3 is 2.62 bits per heavy atom. The van der Waals surface area contributed by atoms with Crippen LogP contribution in [0, 0.1) is 5.92 Å². The molecule has 2 atom stereocenters. The molecule has 0 amide bonds. The first-order chi connectivity index (χ1) is 9.89. The van der Waals surface area contributed by atoms with E-state index in [0.717, 1.165) is 6.42 Å². The summed E-state index contributed by atoms with van der Waals surface area (Å²) in [6.07, 6.45) is 2.07. The summed E-state index contributed by atoms with van der Waals surface area (Å²) in [5, 5.41) is 23.4. The van der Waals surface area contributed by atoms with E-state index in [1.54, 1.807) is 0 Å². The van der Waals surface area contributed by atoms with Crippen molar-refractivity contribution in [1.82, 2.24) is 5.32 Å². The smallest absolute Gasteiger partial charge is 0.248 e. The van der Waals surface area contributed by atoms with Crippen molar-refractivity contribution in [1.29, 1.82) is 0 Å². The van der Waals surface area contributed by atoms with Gasteiger partial charge in [-0.05, 0) is 38.1 Å². The molecule has 21 heavy (non-hydrogen) atoms. The molecule has 1 aliphatic carbocycles. The van der Waals surface area contributed by atoms with Crippen molar-refractivity contribution < 1.29 is 23.7 Å². The van der Waals surface area contributed by atoms with Crippen LogP contribution in [-0.2, 0) is 4.74 Å². The second kappa shape index (κ2) is 7.31. The first-order valence-electron chi connectivity index (χ1n) is 7.95. The number of halogens is 2. The van der Waals surface area contributed by atoms with Crippen LogP contribution in [0.25, 0.3) is 0 Å². The van der Waals surface area contributed by atoms with Crippen molar-refractivity contribution in [3.63, 3.8) is 0 Å². The van der Waals surface area contributed by atoms with Crippen LogP contribution in [0.3, 0.4) is 0 Å². The molecule has 3 N–H and O–H groups in total. The van der Waals surface area contributed by atoms with E-state index in [2.05, 4.69) is 5.32 Å². The average molecular weight is 307 g/mol. The topological polar surface area (TPSA) is 61.7 Å². The maximum Gasteiger partial charge on any atom is 0.248 e. The zero-order valence-electron chi connectivity index (χ0n) is 12.5. The number of nitrogens with one attached hydrogen (secondary N) is 1. The fourth-order valence-electron chi connectivity index (χ4n) is 3.37. The Morgan fingerprint density at radius 2 is 1.95 bits per heavy atom. The minimum atomic E-state index is -2.53. The molecule has 2 aliphatic rings. The van der Waals surface area contributed by atoms with Crippen molar-refractivity contribution in [2.24, 2.45) is 5.92 Å². The molecule has 0 bridgehead atoms. The second-order valence-electron chi connectivity index (χ2n) is 6.67. The minimum absolute atomic E-state index is 0.00122. The molecule has 4 nitrogen and oxygen atoms in total. The van der Waals surface area contributed by atoms with E-state index >= 15 is 0 Å². The molecule has 1 saturated carbocycles. The molecule has 6 heteroatoms. The van der Waals surface area contributed by atoms with Gasteiger partial charge in [-0.3, -0.25) is 0 Å². The van der Waals surface area contributed by atoms with E-state index in [1.165, 1.54) is 0 Å². The van der Waals surface area contributed by atoms with E-state index in [0.29, 0.717) is 52.0 Å². The minimum Gasteiger partial charge on any atom is -0.392 e. The van der Waals surface area contributed by atoms with Crippen molar-refractivity contribution in [2.75, 3.05) is 26.3 Å². The standard InChI is InChI=1S/C15H27F2NO3/c16-15(17)3-1-2-12(8-15)10-18-11-13(19)9-14(20)4-6-21-7-5-14/h12-13,18-20H,1-11H2. The van der Waals surface area contributed by atoms with Gasteiger partial charge in [0.2, 0.25) is 5.92 Å². The Bertz CT molecular complexity index is 322. The molecule has 2 rings (SSSR count). The molecule has 0 spiro atoms. The van der Waals surface area contributed by atoms with E-state index < -0.39 is 17.6 Å². The fraction of sp³-hybridized carbons (Fsp3) is 1.00. The van der Waals surface area contributed by atoms with Gasteiger partial charge in [-0.15, -0.1) is 0 Å². The van der Waals surface area contributed by atoms with Gasteiger partial charge in [-0.1, -0.05) is 0 Å². The molecule has 2 unspecified atom stereocenters. The summed E-state index contributed by atoms with van der Waals surface area (Å²) >= 11 is 0. The molecule has 1 heterocycles. The lowest BCUT2D eigenvalue weighted by Gasteiger charge is -2.34. The van der Waals surface area contributed by atoms with Crippen LogP contribution in [-0.4, -0.2) is 54.1 Å². The van der Waals surface area contributed by atoms with Crippen LogP contribution in [0.2, 0.25) is 0 Å². The maximum atomic E-state index is 13.3. The van der Waals surface area contributed by atoms with Gasteiger partial charge in [0.1, 0.15) is 0 Å². The summed E-state index contributed by atoms with van der Waals surface area (Å²) in [5.41, 5.74) is -0.850. The van der Waals surface area contributed by atoms with Crippen LogP contribution in [0.15, 0.2) is 0 Å². The highest BCUT2D eigenvalue weighted by Gasteiger charge is 2.36. The molecule has 1 aliphatic heterocycles. The van der Waals surface area contributed by atoms with Gasteiger partial charge >= 0.3 is 0 Å². The number of alkyl halides is 2. The van der Waals surface area contributed by atoms with Gasteiger partial charge in [0, 0.05) is 39.0 Å². The first kappa shape index (κ1) is 17.1. The summed E-state index contributed by atoms with van der Waals surface area (Å²) in [6.45, 7) is 1.89. The third-order valence-electron chi connectivity index (χ3n) is 4.59. The number of hydrogen-bond acceptors (Lipinski definition) is 4. The molecular formula is C15H27F2NO3. The molecule has 0 radical (unpaired) electrons. The maximum absolute atomic E-state index is 13.3. The van der Waals surface area contributed by atoms with Gasteiger partial charge < -0.3 is 20.3 Å². The van der Waals surface area contributed by atoms with Crippen LogP contribution < -0.4 is 5.32 Å². The summed E-state index contributed by atoms with van der Waals surface area (Å²) in [4.78, 5) is 0. The Hall–Kier alpha value is -0.300. The van der Waals surface area contributed by atoms with Crippen molar-refractivity contribution in [3.05, 3.63) is 0 Å². The quantitative estimate of drug-likeness (QED) is 0.699. The van der Waals surface area contributed by atoms with Gasteiger partial charge in [-0.2, -0.15) is 0 Å². The predicted molar refractivity (Wildman–Crippen MR) is 75.4 cm³/mol. The monoisotopic (exact) mass is 307 g/mol. The third kappa shape index (κ3) is 5.77. The largest absolute Gasteiger partial charge is 0.392 e. The molecule has 0 aromatic rings. The number of ether oxygens (including phenoxy) is 1. The van der Waals surface area contributed by atoms with Crippen molar-refractivity contribution in [3.8, 4) is 0 Å². The highest BCUT2D eigenvalue weighted by atomic mass is 19.3. The Labute approximate surface area is 124 Å². The third-order valence-corrected chi connectivity index (χ3v) is 4.59. The number of aliphatic hydroxyl groups excluding tert-OH is 1. The molecule has 2 fully saturated rings. The summed E-state index contributed by atoms with van der Waals surface area (Å²) in [7, 11) is 0. The van der Waals surface area contributed by atoms with Crippen molar-refractivity contribution in [2.45, 2.75) is 62.6 Å². The van der Waals surface area contributed by atoms with Gasteiger partial charge in [-0.25, -0.2) is 8.78 Å². The second-order valence-corrected chi connectivity index (χ2v) is 6.67. The SMILES string of the molecule is OC(CNCC1CCCC(F)(F)C1)CC1(O)CCOCC1. The van der Waals surface area contributed by atoms with Crippen LogP contribution >= 0.6 is 0 Å². The van der Waals surface area contributed by atoms with Gasteiger partial charge in [0.15, 0.2) is 0 Å². The van der Waals surface area contributed by atoms with E-state index in [9.17, 15) is 19.0 Å². The normalized spacial score (nSPS) is 30.0. The number of aliphatic hydroxyl groups is 2. The molecular weight excluding hydrogens is 280 g/mol. The van der Waals surface area contributed by atoms with Crippen LogP contribution in [0.5, 0.6) is 0 Å². The molecule has 1 saturated heterocycles. The van der Waals surface area contributed by atoms with Gasteiger partial charge in [0.05, 0.1) is 11.7 Å².